The van der Waals surface area contributed by atoms with Crippen molar-refractivity contribution in [1.82, 2.24) is 9.97 Å². The van der Waals surface area contributed by atoms with Crippen LogP contribution in [0.25, 0.3) is 0 Å². The molecule has 0 aliphatic heterocycles. The summed E-state index contributed by atoms with van der Waals surface area (Å²) in [5, 5.41) is 7.48. The predicted molar refractivity (Wildman–Crippen MR) is 80.0 cm³/mol. The molecule has 1 aliphatic rings. The van der Waals surface area contributed by atoms with E-state index in [9.17, 15) is 0 Å². The molecule has 2 N–H and O–H groups in total. The highest BCUT2D eigenvalue weighted by molar-refractivity contribution is 7.98. The zero-order valence-electron chi connectivity index (χ0n) is 11.8. The minimum absolute atomic E-state index is 0.414. The Hall–Kier alpha value is -1.01. The van der Waals surface area contributed by atoms with Gasteiger partial charge in [0, 0.05) is 25.3 Å². The fourth-order valence-electron chi connectivity index (χ4n) is 2.13. The fourth-order valence-corrected chi connectivity index (χ4v) is 2.51. The van der Waals surface area contributed by atoms with Gasteiger partial charge in [-0.3, -0.25) is 0 Å². The van der Waals surface area contributed by atoms with Crippen LogP contribution in [0.5, 0.6) is 0 Å². The number of anilines is 2. The van der Waals surface area contributed by atoms with Gasteiger partial charge in [-0.15, -0.1) is 0 Å². The first-order valence-electron chi connectivity index (χ1n) is 6.80. The van der Waals surface area contributed by atoms with Crippen molar-refractivity contribution < 1.29 is 4.74 Å². The molecule has 0 atom stereocenters. The normalized spacial score (nSPS) is 21.8. The maximum atomic E-state index is 5.56. The third-order valence-electron chi connectivity index (χ3n) is 3.10. The van der Waals surface area contributed by atoms with Gasteiger partial charge in [0.15, 0.2) is 5.16 Å². The average molecular weight is 282 g/mol. The monoisotopic (exact) mass is 282 g/mol. The maximum absolute atomic E-state index is 5.56. The van der Waals surface area contributed by atoms with E-state index in [0.717, 1.165) is 42.8 Å². The molecule has 2 rings (SSSR count). The van der Waals surface area contributed by atoms with Crippen LogP contribution in [0, 0.1) is 0 Å². The van der Waals surface area contributed by atoms with Gasteiger partial charge in [0.1, 0.15) is 11.6 Å². The van der Waals surface area contributed by atoms with Gasteiger partial charge < -0.3 is 15.4 Å². The van der Waals surface area contributed by atoms with Gasteiger partial charge in [-0.05, 0) is 32.9 Å². The largest absolute Gasteiger partial charge is 0.378 e. The first-order chi connectivity index (χ1) is 9.25. The lowest BCUT2D eigenvalue weighted by Gasteiger charge is -2.35. The van der Waals surface area contributed by atoms with Crippen molar-refractivity contribution in [2.75, 3.05) is 30.0 Å². The van der Waals surface area contributed by atoms with Gasteiger partial charge in [0.25, 0.3) is 0 Å². The summed E-state index contributed by atoms with van der Waals surface area (Å²) in [6.07, 6.45) is 4.52. The molecule has 0 bridgehead atoms. The number of rotatable bonds is 7. The summed E-state index contributed by atoms with van der Waals surface area (Å²) in [7, 11) is 0. The second kappa shape index (κ2) is 6.96. The molecule has 0 unspecified atom stereocenters. The van der Waals surface area contributed by atoms with Gasteiger partial charge in [0.05, 0.1) is 6.10 Å². The van der Waals surface area contributed by atoms with Crippen LogP contribution in [-0.2, 0) is 4.74 Å². The Labute approximate surface area is 118 Å². The molecule has 0 aromatic carbocycles. The lowest BCUT2D eigenvalue weighted by atomic mass is 9.89. The molecular weight excluding hydrogens is 260 g/mol. The summed E-state index contributed by atoms with van der Waals surface area (Å²) in [5.41, 5.74) is 0. The highest BCUT2D eigenvalue weighted by Gasteiger charge is 2.29. The number of nitrogens with zero attached hydrogens (tertiary/aromatic N) is 2. The van der Waals surface area contributed by atoms with Crippen molar-refractivity contribution in [2.45, 2.75) is 44.0 Å². The summed E-state index contributed by atoms with van der Waals surface area (Å²) in [6, 6.07) is 2.44. The molecule has 6 heteroatoms. The first kappa shape index (κ1) is 14.4. The molecule has 1 heterocycles. The van der Waals surface area contributed by atoms with Crippen molar-refractivity contribution in [3.63, 3.8) is 0 Å². The smallest absolute Gasteiger partial charge is 0.191 e. The van der Waals surface area contributed by atoms with Crippen molar-refractivity contribution in [1.29, 1.82) is 0 Å². The Morgan fingerprint density at radius 1 is 1.32 bits per heavy atom. The summed E-state index contributed by atoms with van der Waals surface area (Å²) >= 11 is 1.56. The maximum Gasteiger partial charge on any atom is 0.191 e. The van der Waals surface area contributed by atoms with Crippen LogP contribution in [0.1, 0.15) is 26.7 Å². The van der Waals surface area contributed by atoms with Crippen molar-refractivity contribution in [3.8, 4) is 0 Å². The number of hydrogen-bond acceptors (Lipinski definition) is 6. The molecule has 106 valence electrons. The van der Waals surface area contributed by atoms with Gasteiger partial charge in [-0.2, -0.15) is 0 Å². The fraction of sp³-hybridized carbons (Fsp3) is 0.692. The van der Waals surface area contributed by atoms with Gasteiger partial charge >= 0.3 is 0 Å². The van der Waals surface area contributed by atoms with Crippen LogP contribution in [0.4, 0.5) is 11.6 Å². The molecule has 5 nitrogen and oxygen atoms in total. The van der Waals surface area contributed by atoms with Crippen molar-refractivity contribution in [3.05, 3.63) is 6.07 Å². The second-order valence-electron chi connectivity index (χ2n) is 4.55. The number of aromatic nitrogens is 2. The molecule has 0 saturated heterocycles. The number of thioether (sulfide) groups is 1. The summed E-state index contributed by atoms with van der Waals surface area (Å²) in [4.78, 5) is 8.90. The van der Waals surface area contributed by atoms with Gasteiger partial charge in [0.2, 0.25) is 0 Å². The van der Waals surface area contributed by atoms with E-state index in [1.165, 1.54) is 0 Å². The zero-order chi connectivity index (χ0) is 13.7. The van der Waals surface area contributed by atoms with Crippen LogP contribution in [0.3, 0.4) is 0 Å². The summed E-state index contributed by atoms with van der Waals surface area (Å²) in [6.45, 7) is 5.76. The molecule has 19 heavy (non-hydrogen) atoms. The molecule has 1 aliphatic carbocycles. The average Bonchev–Trinajstić information content (AvgIpc) is 2.36. The lowest BCUT2D eigenvalue weighted by Crippen LogP contribution is -2.41. The van der Waals surface area contributed by atoms with Crippen molar-refractivity contribution in [2.24, 2.45) is 0 Å². The minimum atomic E-state index is 0.414. The van der Waals surface area contributed by atoms with E-state index in [-0.39, 0.29) is 0 Å². The number of nitrogens with one attached hydrogen (secondary N) is 2. The molecule has 1 aromatic heterocycles. The summed E-state index contributed by atoms with van der Waals surface area (Å²) in [5.74, 6) is 1.78. The number of ether oxygens (including phenoxy) is 1. The van der Waals surface area contributed by atoms with E-state index in [1.807, 2.05) is 19.2 Å². The van der Waals surface area contributed by atoms with E-state index in [4.69, 9.17) is 4.74 Å². The van der Waals surface area contributed by atoms with E-state index in [2.05, 4.69) is 27.5 Å². The molecule has 1 saturated carbocycles. The van der Waals surface area contributed by atoms with Crippen LogP contribution >= 0.6 is 11.8 Å². The van der Waals surface area contributed by atoms with E-state index in [1.54, 1.807) is 11.8 Å². The van der Waals surface area contributed by atoms with E-state index < -0.39 is 0 Å². The van der Waals surface area contributed by atoms with Crippen LogP contribution in [0.15, 0.2) is 11.2 Å². The van der Waals surface area contributed by atoms with Crippen molar-refractivity contribution >= 4 is 23.4 Å². The Kier molecular flexibility index (Phi) is 5.27. The molecule has 0 amide bonds. The molecule has 1 fully saturated rings. The summed E-state index contributed by atoms with van der Waals surface area (Å²) < 4.78 is 5.56. The third kappa shape index (κ3) is 3.98. The Bertz CT molecular complexity index is 410. The lowest BCUT2D eigenvalue weighted by molar-refractivity contribution is 0.00291. The predicted octanol–water partition coefficient (Wildman–Crippen LogP) is 2.61. The van der Waals surface area contributed by atoms with Crippen LogP contribution < -0.4 is 10.6 Å². The highest BCUT2D eigenvalue weighted by atomic mass is 32.2. The minimum Gasteiger partial charge on any atom is -0.378 e. The third-order valence-corrected chi connectivity index (χ3v) is 3.64. The van der Waals surface area contributed by atoms with E-state index >= 15 is 0 Å². The van der Waals surface area contributed by atoms with Crippen LogP contribution in [-0.4, -0.2) is 41.5 Å². The first-order valence-corrected chi connectivity index (χ1v) is 8.02. The Balaban J connectivity index is 1.94. The highest BCUT2D eigenvalue weighted by Crippen LogP contribution is 2.27. The van der Waals surface area contributed by atoms with Gasteiger partial charge in [-0.1, -0.05) is 11.8 Å². The standard InChI is InChI=1S/C13H22N4OS/c1-4-14-11-8-12(17-13(16-11)19-3)15-9-6-10(7-9)18-5-2/h8-10H,4-7H2,1-3H3,(H2,14,15,16,17). The van der Waals surface area contributed by atoms with Gasteiger partial charge in [-0.25, -0.2) is 9.97 Å². The second-order valence-corrected chi connectivity index (χ2v) is 5.32. The molecule has 0 spiro atoms. The SMILES string of the molecule is CCNc1cc(NC2CC(OCC)C2)nc(SC)n1. The number of hydrogen-bond donors (Lipinski definition) is 2. The Morgan fingerprint density at radius 3 is 2.68 bits per heavy atom. The molecular formula is C13H22N4OS. The topological polar surface area (TPSA) is 59.1 Å². The molecule has 1 aromatic rings. The van der Waals surface area contributed by atoms with E-state index in [0.29, 0.717) is 12.1 Å². The quantitative estimate of drug-likeness (QED) is 0.592. The molecule has 0 radical (unpaired) electrons. The van der Waals surface area contributed by atoms with Crippen LogP contribution in [0.2, 0.25) is 0 Å². The zero-order valence-corrected chi connectivity index (χ0v) is 12.6. The Morgan fingerprint density at radius 2 is 2.05 bits per heavy atom.